The van der Waals surface area contributed by atoms with Crippen LogP contribution in [-0.4, -0.2) is 28.6 Å². The first kappa shape index (κ1) is 19.5. The van der Waals surface area contributed by atoms with Crippen molar-refractivity contribution in [2.75, 3.05) is 0 Å². The monoisotopic (exact) mass is 377 g/mol. The number of carbonyl (C=O) groups is 3. The number of ketones is 2. The van der Waals surface area contributed by atoms with Crippen molar-refractivity contribution in [3.63, 3.8) is 0 Å². The van der Waals surface area contributed by atoms with E-state index in [0.717, 1.165) is 22.0 Å². The maximum atomic E-state index is 12.6. The summed E-state index contributed by atoms with van der Waals surface area (Å²) < 4.78 is 5.27. The summed E-state index contributed by atoms with van der Waals surface area (Å²) in [6, 6.07) is 13.1. The van der Waals surface area contributed by atoms with E-state index in [1.165, 1.54) is 0 Å². The number of rotatable bonds is 7. The molecule has 5 heteroatoms. The van der Waals surface area contributed by atoms with Crippen molar-refractivity contribution in [2.24, 2.45) is 0 Å². The van der Waals surface area contributed by atoms with Crippen LogP contribution in [0.2, 0.25) is 0 Å². The SMILES string of the molecule is Cc1ccc(C)c(C(=O)CCC(=O)O[C@@H](C)C(=O)c2c[nH]c3ccccc23)c1. The Morgan fingerprint density at radius 2 is 1.75 bits per heavy atom. The molecule has 1 N–H and O–H groups in total. The normalized spacial score (nSPS) is 12.0. The minimum atomic E-state index is -0.914. The second-order valence-electron chi connectivity index (χ2n) is 6.99. The molecule has 3 rings (SSSR count). The van der Waals surface area contributed by atoms with Gasteiger partial charge in [0.1, 0.15) is 0 Å². The molecule has 0 aliphatic carbocycles. The fraction of sp³-hybridized carbons (Fsp3) is 0.261. The van der Waals surface area contributed by atoms with Gasteiger partial charge in [0.2, 0.25) is 5.78 Å². The van der Waals surface area contributed by atoms with Crippen molar-refractivity contribution in [3.8, 4) is 0 Å². The fourth-order valence-electron chi connectivity index (χ4n) is 3.19. The molecule has 2 aromatic carbocycles. The number of aryl methyl sites for hydroxylation is 2. The molecule has 0 bridgehead atoms. The Hall–Kier alpha value is -3.21. The van der Waals surface area contributed by atoms with Crippen LogP contribution in [0.15, 0.2) is 48.7 Å². The van der Waals surface area contributed by atoms with Crippen LogP contribution in [0.25, 0.3) is 10.9 Å². The molecule has 1 atom stereocenters. The third kappa shape index (κ3) is 4.19. The average molecular weight is 377 g/mol. The number of H-pyrrole nitrogens is 1. The number of aromatic nitrogens is 1. The summed E-state index contributed by atoms with van der Waals surface area (Å²) in [5.74, 6) is -0.931. The lowest BCUT2D eigenvalue weighted by molar-refractivity contribution is -0.146. The molecule has 0 spiro atoms. The van der Waals surface area contributed by atoms with E-state index in [2.05, 4.69) is 4.98 Å². The molecule has 0 amide bonds. The number of aromatic amines is 1. The van der Waals surface area contributed by atoms with Gasteiger partial charge in [-0.1, -0.05) is 35.9 Å². The second-order valence-corrected chi connectivity index (χ2v) is 6.99. The largest absolute Gasteiger partial charge is 0.454 e. The third-order valence-electron chi connectivity index (χ3n) is 4.78. The molecular weight excluding hydrogens is 354 g/mol. The number of fused-ring (bicyclic) bond motifs is 1. The molecule has 144 valence electrons. The Labute approximate surface area is 163 Å². The molecule has 0 saturated carbocycles. The van der Waals surface area contributed by atoms with Gasteiger partial charge in [0.15, 0.2) is 11.9 Å². The first-order chi connectivity index (χ1) is 13.4. The smallest absolute Gasteiger partial charge is 0.306 e. The van der Waals surface area contributed by atoms with E-state index in [0.29, 0.717) is 11.1 Å². The fourth-order valence-corrected chi connectivity index (χ4v) is 3.19. The molecular formula is C23H23NO4. The number of hydrogen-bond acceptors (Lipinski definition) is 4. The zero-order valence-corrected chi connectivity index (χ0v) is 16.2. The van der Waals surface area contributed by atoms with Crippen LogP contribution < -0.4 is 0 Å². The molecule has 0 saturated heterocycles. The molecule has 28 heavy (non-hydrogen) atoms. The number of hydrogen-bond donors (Lipinski definition) is 1. The van der Waals surface area contributed by atoms with Crippen LogP contribution in [0.4, 0.5) is 0 Å². The van der Waals surface area contributed by atoms with Crippen molar-refractivity contribution in [1.82, 2.24) is 4.98 Å². The van der Waals surface area contributed by atoms with E-state index in [-0.39, 0.29) is 24.4 Å². The van der Waals surface area contributed by atoms with Crippen LogP contribution >= 0.6 is 0 Å². The summed E-state index contributed by atoms with van der Waals surface area (Å²) in [4.78, 5) is 40.2. The number of carbonyl (C=O) groups excluding carboxylic acids is 3. The molecule has 3 aromatic rings. The number of Topliss-reactive ketones (excluding diaryl/α,β-unsaturated/α-hetero) is 2. The van der Waals surface area contributed by atoms with Gasteiger partial charge in [0.25, 0.3) is 0 Å². The zero-order chi connectivity index (χ0) is 20.3. The minimum absolute atomic E-state index is 0.0527. The average Bonchev–Trinajstić information content (AvgIpc) is 3.11. The van der Waals surface area contributed by atoms with E-state index >= 15 is 0 Å². The summed E-state index contributed by atoms with van der Waals surface area (Å²) in [5, 5.41) is 0.792. The maximum absolute atomic E-state index is 12.6. The van der Waals surface area contributed by atoms with E-state index in [1.807, 2.05) is 56.3 Å². The van der Waals surface area contributed by atoms with Gasteiger partial charge in [-0.25, -0.2) is 0 Å². The van der Waals surface area contributed by atoms with Crippen LogP contribution in [-0.2, 0) is 9.53 Å². The third-order valence-corrected chi connectivity index (χ3v) is 4.78. The highest BCUT2D eigenvalue weighted by Gasteiger charge is 2.22. The van der Waals surface area contributed by atoms with E-state index < -0.39 is 12.1 Å². The molecule has 0 unspecified atom stereocenters. The molecule has 0 fully saturated rings. The second kappa shape index (κ2) is 8.21. The van der Waals surface area contributed by atoms with Gasteiger partial charge in [0, 0.05) is 34.6 Å². The maximum Gasteiger partial charge on any atom is 0.306 e. The summed E-state index contributed by atoms with van der Waals surface area (Å²) >= 11 is 0. The van der Waals surface area contributed by atoms with Gasteiger partial charge in [-0.05, 0) is 38.5 Å². The quantitative estimate of drug-likeness (QED) is 0.484. The molecule has 0 radical (unpaired) electrons. The minimum Gasteiger partial charge on any atom is -0.454 e. The Morgan fingerprint density at radius 3 is 2.54 bits per heavy atom. The van der Waals surface area contributed by atoms with Gasteiger partial charge < -0.3 is 9.72 Å². The Morgan fingerprint density at radius 1 is 1.00 bits per heavy atom. The van der Waals surface area contributed by atoms with Gasteiger partial charge in [-0.2, -0.15) is 0 Å². The van der Waals surface area contributed by atoms with Gasteiger partial charge in [-0.15, -0.1) is 0 Å². The summed E-state index contributed by atoms with van der Waals surface area (Å²) in [5.41, 5.74) is 3.84. The predicted octanol–water partition coefficient (Wildman–Crippen LogP) is 4.56. The van der Waals surface area contributed by atoms with Crippen molar-refractivity contribution in [2.45, 2.75) is 39.7 Å². The van der Waals surface area contributed by atoms with Crippen molar-refractivity contribution in [1.29, 1.82) is 0 Å². The van der Waals surface area contributed by atoms with Crippen LogP contribution in [0.3, 0.4) is 0 Å². The van der Waals surface area contributed by atoms with Crippen LogP contribution in [0, 0.1) is 13.8 Å². The lowest BCUT2D eigenvalue weighted by atomic mass is 9.99. The van der Waals surface area contributed by atoms with E-state index in [1.54, 1.807) is 13.1 Å². The highest BCUT2D eigenvalue weighted by Crippen LogP contribution is 2.20. The van der Waals surface area contributed by atoms with Gasteiger partial charge in [0.05, 0.1) is 6.42 Å². The van der Waals surface area contributed by atoms with Crippen molar-refractivity contribution in [3.05, 3.63) is 70.9 Å². The highest BCUT2D eigenvalue weighted by atomic mass is 16.5. The summed E-state index contributed by atoms with van der Waals surface area (Å²) in [6.07, 6.45) is 0.707. The summed E-state index contributed by atoms with van der Waals surface area (Å²) in [6.45, 7) is 5.34. The van der Waals surface area contributed by atoms with Crippen LogP contribution in [0.5, 0.6) is 0 Å². The zero-order valence-electron chi connectivity index (χ0n) is 16.2. The Kier molecular flexibility index (Phi) is 5.73. The number of esters is 1. The number of benzene rings is 2. The molecule has 1 aromatic heterocycles. The Bertz CT molecular complexity index is 1050. The van der Waals surface area contributed by atoms with Gasteiger partial charge in [-0.3, -0.25) is 14.4 Å². The molecule has 1 heterocycles. The molecule has 0 aliphatic rings. The highest BCUT2D eigenvalue weighted by molar-refractivity contribution is 6.10. The number of para-hydroxylation sites is 1. The van der Waals surface area contributed by atoms with Crippen molar-refractivity contribution < 1.29 is 19.1 Å². The number of ether oxygens (including phenoxy) is 1. The first-order valence-electron chi connectivity index (χ1n) is 9.27. The Balaban J connectivity index is 1.59. The van der Waals surface area contributed by atoms with Crippen molar-refractivity contribution >= 4 is 28.4 Å². The first-order valence-corrected chi connectivity index (χ1v) is 9.27. The van der Waals surface area contributed by atoms with E-state index in [9.17, 15) is 14.4 Å². The standard InChI is InChI=1S/C23H23NO4/c1-14-8-9-15(2)18(12-14)21(25)10-11-22(26)28-16(3)23(27)19-13-24-20-7-5-4-6-17(19)20/h4-9,12-13,16,24H,10-11H2,1-3H3/t16-/m0/s1. The van der Waals surface area contributed by atoms with Gasteiger partial charge >= 0.3 is 5.97 Å². The lowest BCUT2D eigenvalue weighted by Gasteiger charge is -2.12. The lowest BCUT2D eigenvalue weighted by Crippen LogP contribution is -2.24. The number of nitrogens with one attached hydrogen (secondary N) is 1. The molecule has 0 aliphatic heterocycles. The summed E-state index contributed by atoms with van der Waals surface area (Å²) in [7, 11) is 0. The predicted molar refractivity (Wildman–Crippen MR) is 108 cm³/mol. The molecule has 5 nitrogen and oxygen atoms in total. The van der Waals surface area contributed by atoms with Crippen LogP contribution in [0.1, 0.15) is 51.6 Å². The van der Waals surface area contributed by atoms with E-state index in [4.69, 9.17) is 4.74 Å². The topological polar surface area (TPSA) is 76.2 Å².